The van der Waals surface area contributed by atoms with Crippen LogP contribution in [0.15, 0.2) is 48.5 Å². The van der Waals surface area contributed by atoms with Crippen LogP contribution in [0.1, 0.15) is 35.6 Å². The van der Waals surface area contributed by atoms with E-state index in [1.165, 1.54) is 0 Å². The van der Waals surface area contributed by atoms with Crippen molar-refractivity contribution in [2.24, 2.45) is 0 Å². The molecular formula is C20H20N2O2. The molecule has 0 radical (unpaired) electrons. The second-order valence-corrected chi connectivity index (χ2v) is 6.71. The second kappa shape index (κ2) is 5.20. The van der Waals surface area contributed by atoms with E-state index >= 15 is 0 Å². The summed E-state index contributed by atoms with van der Waals surface area (Å²) in [4.78, 5) is 27.2. The number of amides is 2. The lowest BCUT2D eigenvalue weighted by Gasteiger charge is -2.41. The summed E-state index contributed by atoms with van der Waals surface area (Å²) >= 11 is 0. The van der Waals surface area contributed by atoms with E-state index in [1.54, 1.807) is 4.90 Å². The minimum Gasteiger partial charge on any atom is -0.348 e. The van der Waals surface area contributed by atoms with Crippen LogP contribution in [-0.4, -0.2) is 18.9 Å². The summed E-state index contributed by atoms with van der Waals surface area (Å²) in [6, 6.07) is 15.6. The molecule has 1 fully saturated rings. The van der Waals surface area contributed by atoms with Crippen LogP contribution in [0.5, 0.6) is 0 Å². The molecule has 1 spiro atoms. The number of para-hydroxylation sites is 1. The van der Waals surface area contributed by atoms with Gasteiger partial charge in [0.2, 0.25) is 11.8 Å². The summed E-state index contributed by atoms with van der Waals surface area (Å²) in [7, 11) is 1.82. The minimum absolute atomic E-state index is 0.00807. The van der Waals surface area contributed by atoms with Crippen molar-refractivity contribution in [3.8, 4) is 0 Å². The average molecular weight is 320 g/mol. The summed E-state index contributed by atoms with van der Waals surface area (Å²) < 4.78 is 0. The number of hydrogen-bond acceptors (Lipinski definition) is 2. The number of nitrogens with zero attached hydrogens (tertiary/aromatic N) is 1. The van der Waals surface area contributed by atoms with Gasteiger partial charge >= 0.3 is 0 Å². The molecule has 1 N–H and O–H groups in total. The lowest BCUT2D eigenvalue weighted by Crippen LogP contribution is -2.54. The van der Waals surface area contributed by atoms with Gasteiger partial charge in [-0.05, 0) is 36.1 Å². The van der Waals surface area contributed by atoms with E-state index in [9.17, 15) is 9.59 Å². The molecule has 2 aliphatic heterocycles. The maximum atomic E-state index is 13.3. The Morgan fingerprint density at radius 1 is 1.08 bits per heavy atom. The van der Waals surface area contributed by atoms with E-state index in [0.717, 1.165) is 22.4 Å². The van der Waals surface area contributed by atoms with Gasteiger partial charge in [-0.1, -0.05) is 42.5 Å². The van der Waals surface area contributed by atoms with Gasteiger partial charge in [0, 0.05) is 19.2 Å². The topological polar surface area (TPSA) is 49.4 Å². The van der Waals surface area contributed by atoms with Gasteiger partial charge in [-0.2, -0.15) is 0 Å². The molecule has 2 unspecified atom stereocenters. The van der Waals surface area contributed by atoms with Gasteiger partial charge in [0.25, 0.3) is 0 Å². The van der Waals surface area contributed by atoms with Gasteiger partial charge in [-0.15, -0.1) is 0 Å². The Kier molecular flexibility index (Phi) is 3.23. The molecule has 2 amide bonds. The first-order valence-electron chi connectivity index (χ1n) is 8.28. The van der Waals surface area contributed by atoms with Crippen molar-refractivity contribution in [2.75, 3.05) is 11.9 Å². The van der Waals surface area contributed by atoms with Crippen LogP contribution in [0, 0.1) is 6.92 Å². The van der Waals surface area contributed by atoms with Crippen molar-refractivity contribution >= 4 is 17.5 Å². The number of carbonyl (C=O) groups is 2. The van der Waals surface area contributed by atoms with Crippen molar-refractivity contribution in [3.05, 3.63) is 65.2 Å². The van der Waals surface area contributed by atoms with Crippen LogP contribution in [0.25, 0.3) is 0 Å². The number of anilines is 1. The molecule has 4 rings (SSSR count). The molecule has 0 saturated carbocycles. The van der Waals surface area contributed by atoms with E-state index in [0.29, 0.717) is 12.8 Å². The van der Waals surface area contributed by atoms with Crippen LogP contribution in [-0.2, 0) is 15.0 Å². The highest BCUT2D eigenvalue weighted by Crippen LogP contribution is 2.52. The van der Waals surface area contributed by atoms with Gasteiger partial charge in [0.1, 0.15) is 5.41 Å². The molecule has 0 aliphatic carbocycles. The number of carbonyl (C=O) groups excluding carboxylic acids is 2. The number of benzene rings is 2. The van der Waals surface area contributed by atoms with Crippen molar-refractivity contribution in [1.29, 1.82) is 0 Å². The Bertz CT molecular complexity index is 845. The molecule has 2 aromatic rings. The zero-order valence-corrected chi connectivity index (χ0v) is 13.9. The molecule has 0 aromatic heterocycles. The second-order valence-electron chi connectivity index (χ2n) is 6.71. The molecule has 2 aromatic carbocycles. The first kappa shape index (κ1) is 14.9. The van der Waals surface area contributed by atoms with Gasteiger partial charge < -0.3 is 10.2 Å². The number of piperidine rings is 1. The van der Waals surface area contributed by atoms with Crippen molar-refractivity contribution in [3.63, 3.8) is 0 Å². The summed E-state index contributed by atoms with van der Waals surface area (Å²) in [5.41, 5.74) is 3.35. The number of fused-ring (bicyclic) bond motifs is 2. The molecule has 4 heteroatoms. The zero-order chi connectivity index (χ0) is 16.9. The molecule has 2 aliphatic rings. The lowest BCUT2D eigenvalue weighted by atomic mass is 9.67. The fourth-order valence-electron chi connectivity index (χ4n) is 4.25. The predicted molar refractivity (Wildman–Crippen MR) is 92.8 cm³/mol. The summed E-state index contributed by atoms with van der Waals surface area (Å²) in [5.74, 6) is 0.0747. The first-order valence-corrected chi connectivity index (χ1v) is 8.28. The third-order valence-electron chi connectivity index (χ3n) is 5.48. The van der Waals surface area contributed by atoms with Crippen LogP contribution in [0.4, 0.5) is 5.69 Å². The highest BCUT2D eigenvalue weighted by Gasteiger charge is 2.57. The standard InChI is InChI=1S/C20H20N2O2/c1-13-7-3-4-8-14(13)18-20(12-11-17(23)21-18)15-9-5-6-10-16(15)22(2)19(20)24/h3-10,18H,11-12H2,1-2H3,(H,21,23). The third kappa shape index (κ3) is 1.86. The third-order valence-corrected chi connectivity index (χ3v) is 5.48. The minimum atomic E-state index is -0.717. The van der Waals surface area contributed by atoms with Crippen LogP contribution < -0.4 is 10.2 Å². The van der Waals surface area contributed by atoms with Gasteiger partial charge in [-0.3, -0.25) is 9.59 Å². The Hall–Kier alpha value is -2.62. The summed E-state index contributed by atoms with van der Waals surface area (Å²) in [6.45, 7) is 2.03. The molecule has 4 nitrogen and oxygen atoms in total. The van der Waals surface area contributed by atoms with E-state index in [4.69, 9.17) is 0 Å². The Balaban J connectivity index is 1.96. The highest BCUT2D eigenvalue weighted by molar-refractivity contribution is 6.09. The molecule has 0 bridgehead atoms. The van der Waals surface area contributed by atoms with Gasteiger partial charge in [0.05, 0.1) is 6.04 Å². The van der Waals surface area contributed by atoms with Crippen LogP contribution in [0.2, 0.25) is 0 Å². The Morgan fingerprint density at radius 3 is 2.58 bits per heavy atom. The monoisotopic (exact) mass is 320 g/mol. The molecular weight excluding hydrogens is 300 g/mol. The van der Waals surface area contributed by atoms with E-state index < -0.39 is 5.41 Å². The zero-order valence-electron chi connectivity index (χ0n) is 13.9. The number of rotatable bonds is 1. The van der Waals surface area contributed by atoms with Gasteiger partial charge in [0.15, 0.2) is 0 Å². The number of hydrogen-bond donors (Lipinski definition) is 1. The first-order chi connectivity index (χ1) is 11.6. The number of likely N-dealkylation sites (N-methyl/N-ethyl adjacent to an activating group) is 1. The molecule has 2 heterocycles. The molecule has 2 atom stereocenters. The fraction of sp³-hybridized carbons (Fsp3) is 0.300. The largest absolute Gasteiger partial charge is 0.348 e. The summed E-state index contributed by atoms with van der Waals surface area (Å²) in [6.07, 6.45) is 0.911. The maximum Gasteiger partial charge on any atom is 0.239 e. The quantitative estimate of drug-likeness (QED) is 0.878. The number of aryl methyl sites for hydroxylation is 1. The average Bonchev–Trinajstić information content (AvgIpc) is 2.81. The van der Waals surface area contributed by atoms with Crippen molar-refractivity contribution < 1.29 is 9.59 Å². The molecule has 122 valence electrons. The van der Waals surface area contributed by atoms with Crippen LogP contribution in [0.3, 0.4) is 0 Å². The van der Waals surface area contributed by atoms with E-state index in [-0.39, 0.29) is 17.9 Å². The lowest BCUT2D eigenvalue weighted by molar-refractivity contribution is -0.131. The summed E-state index contributed by atoms with van der Waals surface area (Å²) in [5, 5.41) is 3.11. The maximum absolute atomic E-state index is 13.3. The normalized spacial score (nSPS) is 25.8. The van der Waals surface area contributed by atoms with Gasteiger partial charge in [-0.25, -0.2) is 0 Å². The Morgan fingerprint density at radius 2 is 1.79 bits per heavy atom. The van der Waals surface area contributed by atoms with Crippen LogP contribution >= 0.6 is 0 Å². The van der Waals surface area contributed by atoms with E-state index in [2.05, 4.69) is 5.32 Å². The molecule has 24 heavy (non-hydrogen) atoms. The van der Waals surface area contributed by atoms with Crippen molar-refractivity contribution in [1.82, 2.24) is 5.32 Å². The number of nitrogens with one attached hydrogen (secondary N) is 1. The fourth-order valence-corrected chi connectivity index (χ4v) is 4.25. The smallest absolute Gasteiger partial charge is 0.239 e. The Labute approximate surface area is 141 Å². The highest BCUT2D eigenvalue weighted by atomic mass is 16.2. The SMILES string of the molecule is Cc1ccccc1C1NC(=O)CCC12C(=O)N(C)c1ccccc12. The molecule has 1 saturated heterocycles. The van der Waals surface area contributed by atoms with E-state index in [1.807, 2.05) is 62.5 Å². The predicted octanol–water partition coefficient (Wildman–Crippen LogP) is 2.86. The van der Waals surface area contributed by atoms with Crippen molar-refractivity contribution in [2.45, 2.75) is 31.2 Å².